The number of rotatable bonds is 4. The second-order valence-corrected chi connectivity index (χ2v) is 3.96. The zero-order valence-corrected chi connectivity index (χ0v) is 11.1. The molecule has 17 heavy (non-hydrogen) atoms. The molecule has 0 aliphatic carbocycles. The number of hydrogen-bond acceptors (Lipinski definition) is 3. The molecule has 1 rings (SSSR count). The van der Waals surface area contributed by atoms with Gasteiger partial charge < -0.3 is 9.47 Å². The fraction of sp³-hybridized carbons (Fsp3) is 0.250. The van der Waals surface area contributed by atoms with E-state index in [2.05, 4.69) is 15.9 Å². The van der Waals surface area contributed by atoms with Gasteiger partial charge in [-0.25, -0.2) is 9.18 Å². The lowest BCUT2D eigenvalue weighted by Crippen LogP contribution is -1.98. The van der Waals surface area contributed by atoms with Gasteiger partial charge in [0.25, 0.3) is 0 Å². The van der Waals surface area contributed by atoms with Crippen LogP contribution in [0.4, 0.5) is 4.39 Å². The van der Waals surface area contributed by atoms with Crippen LogP contribution in [0.1, 0.15) is 12.5 Å². The molecule has 1 aromatic carbocycles. The van der Waals surface area contributed by atoms with Gasteiger partial charge in [-0.15, -0.1) is 0 Å². The standard InChI is InChI=1S/C12H12BrFO3/c1-3-17-11(15)5-4-8-6-9(13)12(16-2)10(14)7-8/h4-7H,3H2,1-2H3. The van der Waals surface area contributed by atoms with Crippen molar-refractivity contribution >= 4 is 28.0 Å². The van der Waals surface area contributed by atoms with Crippen LogP contribution in [0.5, 0.6) is 5.75 Å². The Kier molecular flexibility index (Phi) is 5.15. The van der Waals surface area contributed by atoms with Crippen LogP contribution in [0.25, 0.3) is 6.08 Å². The molecule has 0 saturated carbocycles. The highest BCUT2D eigenvalue weighted by molar-refractivity contribution is 9.10. The van der Waals surface area contributed by atoms with E-state index in [4.69, 9.17) is 9.47 Å². The van der Waals surface area contributed by atoms with Crippen molar-refractivity contribution in [3.8, 4) is 5.75 Å². The summed E-state index contributed by atoms with van der Waals surface area (Å²) in [6, 6.07) is 2.93. The van der Waals surface area contributed by atoms with Crippen LogP contribution in [-0.4, -0.2) is 19.7 Å². The first-order valence-electron chi connectivity index (χ1n) is 4.96. The Labute approximate surface area is 107 Å². The van der Waals surface area contributed by atoms with Crippen molar-refractivity contribution in [2.24, 2.45) is 0 Å². The van der Waals surface area contributed by atoms with Crippen molar-refractivity contribution in [3.05, 3.63) is 34.1 Å². The average Bonchev–Trinajstić information content (AvgIpc) is 2.26. The van der Waals surface area contributed by atoms with Gasteiger partial charge in [-0.2, -0.15) is 0 Å². The van der Waals surface area contributed by atoms with Crippen molar-refractivity contribution in [1.29, 1.82) is 0 Å². The lowest BCUT2D eigenvalue weighted by atomic mass is 10.2. The van der Waals surface area contributed by atoms with E-state index >= 15 is 0 Å². The minimum absolute atomic E-state index is 0.137. The number of carbonyl (C=O) groups is 1. The van der Waals surface area contributed by atoms with Gasteiger partial charge in [0.1, 0.15) is 0 Å². The van der Waals surface area contributed by atoms with Crippen molar-refractivity contribution < 1.29 is 18.7 Å². The fourth-order valence-electron chi connectivity index (χ4n) is 1.23. The molecule has 0 radical (unpaired) electrons. The van der Waals surface area contributed by atoms with Crippen LogP contribution >= 0.6 is 15.9 Å². The Morgan fingerprint density at radius 3 is 2.76 bits per heavy atom. The minimum Gasteiger partial charge on any atom is -0.492 e. The first kappa shape index (κ1) is 13.7. The Morgan fingerprint density at radius 2 is 2.24 bits per heavy atom. The highest BCUT2D eigenvalue weighted by atomic mass is 79.9. The quantitative estimate of drug-likeness (QED) is 0.633. The third kappa shape index (κ3) is 3.85. The van der Waals surface area contributed by atoms with Crippen molar-refractivity contribution in [2.45, 2.75) is 6.92 Å². The maximum absolute atomic E-state index is 13.5. The zero-order chi connectivity index (χ0) is 12.8. The molecule has 0 amide bonds. The molecule has 0 fully saturated rings. The predicted molar refractivity (Wildman–Crippen MR) is 66.3 cm³/mol. The van der Waals surface area contributed by atoms with Crippen LogP contribution in [0.15, 0.2) is 22.7 Å². The summed E-state index contributed by atoms with van der Waals surface area (Å²) in [5, 5.41) is 0. The molecular weight excluding hydrogens is 291 g/mol. The summed E-state index contributed by atoms with van der Waals surface area (Å²) in [4.78, 5) is 11.1. The molecule has 1 aromatic rings. The summed E-state index contributed by atoms with van der Waals surface area (Å²) in [7, 11) is 1.39. The van der Waals surface area contributed by atoms with Gasteiger partial charge in [0.05, 0.1) is 18.2 Å². The highest BCUT2D eigenvalue weighted by Gasteiger charge is 2.08. The number of methoxy groups -OCH3 is 1. The number of esters is 1. The van der Waals surface area contributed by atoms with E-state index in [9.17, 15) is 9.18 Å². The summed E-state index contributed by atoms with van der Waals surface area (Å²) in [6.07, 6.45) is 2.72. The van der Waals surface area contributed by atoms with E-state index in [-0.39, 0.29) is 5.75 Å². The maximum Gasteiger partial charge on any atom is 0.330 e. The molecule has 0 N–H and O–H groups in total. The minimum atomic E-state index is -0.495. The smallest absolute Gasteiger partial charge is 0.330 e. The molecule has 0 spiro atoms. The van der Waals surface area contributed by atoms with Crippen molar-refractivity contribution in [3.63, 3.8) is 0 Å². The van der Waals surface area contributed by atoms with Gasteiger partial charge in [-0.3, -0.25) is 0 Å². The van der Waals surface area contributed by atoms with Gasteiger partial charge in [-0.1, -0.05) is 0 Å². The van der Waals surface area contributed by atoms with Crippen molar-refractivity contribution in [2.75, 3.05) is 13.7 Å². The average molecular weight is 303 g/mol. The summed E-state index contributed by atoms with van der Waals surface area (Å²) < 4.78 is 23.5. The van der Waals surface area contributed by atoms with E-state index in [1.807, 2.05) is 0 Å². The molecule has 5 heteroatoms. The third-order valence-corrected chi connectivity index (χ3v) is 2.51. The second kappa shape index (κ2) is 6.39. The Bertz CT molecular complexity index is 420. The van der Waals surface area contributed by atoms with Crippen LogP contribution in [0.2, 0.25) is 0 Å². The predicted octanol–water partition coefficient (Wildman–Crippen LogP) is 3.17. The molecule has 0 aliphatic heterocycles. The molecule has 92 valence electrons. The Balaban J connectivity index is 2.90. The molecule has 0 atom stereocenters. The van der Waals surface area contributed by atoms with Gasteiger partial charge in [0.2, 0.25) is 0 Å². The van der Waals surface area contributed by atoms with Gasteiger partial charge in [0, 0.05) is 6.08 Å². The number of hydrogen-bond donors (Lipinski definition) is 0. The summed E-state index contributed by atoms with van der Waals surface area (Å²) >= 11 is 3.18. The lowest BCUT2D eigenvalue weighted by molar-refractivity contribution is -0.137. The number of ether oxygens (including phenoxy) is 2. The molecule has 0 aromatic heterocycles. The fourth-order valence-corrected chi connectivity index (χ4v) is 1.84. The van der Waals surface area contributed by atoms with E-state index in [1.165, 1.54) is 25.3 Å². The molecule has 0 saturated heterocycles. The second-order valence-electron chi connectivity index (χ2n) is 3.10. The Hall–Kier alpha value is -1.36. The molecule has 0 heterocycles. The molecule has 0 bridgehead atoms. The van der Waals surface area contributed by atoms with Gasteiger partial charge in [0.15, 0.2) is 11.6 Å². The van der Waals surface area contributed by atoms with Crippen LogP contribution in [0, 0.1) is 5.82 Å². The van der Waals surface area contributed by atoms with Crippen LogP contribution < -0.4 is 4.74 Å². The SMILES string of the molecule is CCOC(=O)C=Cc1cc(F)c(OC)c(Br)c1. The molecule has 3 nitrogen and oxygen atoms in total. The maximum atomic E-state index is 13.5. The largest absolute Gasteiger partial charge is 0.492 e. The first-order chi connectivity index (χ1) is 8.08. The van der Waals surface area contributed by atoms with Crippen LogP contribution in [0.3, 0.4) is 0 Å². The van der Waals surface area contributed by atoms with E-state index in [1.54, 1.807) is 13.0 Å². The summed E-state index contributed by atoms with van der Waals surface area (Å²) in [5.41, 5.74) is 0.545. The van der Waals surface area contributed by atoms with Crippen molar-refractivity contribution in [1.82, 2.24) is 0 Å². The topological polar surface area (TPSA) is 35.5 Å². The van der Waals surface area contributed by atoms with Gasteiger partial charge in [-0.05, 0) is 46.6 Å². The molecule has 0 aliphatic rings. The van der Waals surface area contributed by atoms with E-state index in [0.717, 1.165) is 0 Å². The van der Waals surface area contributed by atoms with Gasteiger partial charge >= 0.3 is 5.97 Å². The molecular formula is C12H12BrFO3. The molecule has 0 unspecified atom stereocenters. The first-order valence-corrected chi connectivity index (χ1v) is 5.75. The number of carbonyl (C=O) groups excluding carboxylic acids is 1. The van der Waals surface area contributed by atoms with E-state index < -0.39 is 11.8 Å². The lowest BCUT2D eigenvalue weighted by Gasteiger charge is -2.05. The van der Waals surface area contributed by atoms with E-state index in [0.29, 0.717) is 16.6 Å². The third-order valence-electron chi connectivity index (χ3n) is 1.92. The number of benzene rings is 1. The Morgan fingerprint density at radius 1 is 1.53 bits per heavy atom. The zero-order valence-electron chi connectivity index (χ0n) is 9.50. The normalized spacial score (nSPS) is 10.6. The summed E-state index contributed by atoms with van der Waals surface area (Å²) in [6.45, 7) is 2.03. The monoisotopic (exact) mass is 302 g/mol. The number of halogens is 2. The van der Waals surface area contributed by atoms with Crippen LogP contribution in [-0.2, 0) is 9.53 Å². The highest BCUT2D eigenvalue weighted by Crippen LogP contribution is 2.29. The summed E-state index contributed by atoms with van der Waals surface area (Å²) in [5.74, 6) is -0.816.